The van der Waals surface area contributed by atoms with Crippen molar-refractivity contribution in [3.05, 3.63) is 0 Å². The van der Waals surface area contributed by atoms with E-state index in [4.69, 9.17) is 0 Å². The molecule has 2 aliphatic heterocycles. The Morgan fingerprint density at radius 1 is 1.22 bits per heavy atom. The Labute approximate surface area is 63.5 Å². The van der Waals surface area contributed by atoms with Crippen molar-refractivity contribution in [1.82, 2.24) is 10.6 Å². The van der Waals surface area contributed by atoms with Crippen molar-refractivity contribution < 1.29 is 0 Å². The predicted octanol–water partition coefficient (Wildman–Crippen LogP) is 0.269. The first-order chi connectivity index (χ1) is 4.47. The van der Waals surface area contributed by atoms with Gasteiger partial charge in [0.15, 0.2) is 0 Å². The third kappa shape index (κ3) is 1.22. The molecule has 0 amide bonds. The van der Waals surface area contributed by atoms with Crippen molar-refractivity contribution in [1.29, 1.82) is 0 Å². The van der Waals surface area contributed by atoms with Gasteiger partial charge in [0.05, 0.1) is 4.58 Å². The third-order valence-electron chi connectivity index (χ3n) is 1.64. The van der Waals surface area contributed by atoms with Crippen LogP contribution in [0.1, 0.15) is 0 Å². The number of thioether (sulfide) groups is 2. The van der Waals surface area contributed by atoms with Crippen LogP contribution in [0.25, 0.3) is 0 Å². The molecule has 0 bridgehead atoms. The molecule has 0 radical (unpaired) electrons. The Kier molecular flexibility index (Phi) is 1.90. The monoisotopic (exact) mass is 162 g/mol. The third-order valence-corrected chi connectivity index (χ3v) is 4.47. The standard InChI is InChI=1S/C5H10N2S2/c1-4-5(8-2-6-1)9-3-7-4/h4-7H,1-3H2. The molecule has 2 atom stereocenters. The molecular formula is C5H10N2S2. The van der Waals surface area contributed by atoms with Crippen LogP contribution in [0, 0.1) is 0 Å². The number of hydrogen-bond acceptors (Lipinski definition) is 4. The lowest BCUT2D eigenvalue weighted by Gasteiger charge is -2.23. The molecule has 2 fully saturated rings. The van der Waals surface area contributed by atoms with Gasteiger partial charge in [-0.15, -0.1) is 23.5 Å². The maximum Gasteiger partial charge on any atom is 0.0693 e. The number of fused-ring (bicyclic) bond motifs is 1. The normalized spacial score (nSPS) is 42.7. The average Bonchev–Trinajstić information content (AvgIpc) is 2.33. The van der Waals surface area contributed by atoms with E-state index >= 15 is 0 Å². The molecule has 2 rings (SSSR count). The topological polar surface area (TPSA) is 24.1 Å². The van der Waals surface area contributed by atoms with Crippen molar-refractivity contribution >= 4 is 23.5 Å². The second-order valence-electron chi connectivity index (χ2n) is 2.26. The molecule has 2 N–H and O–H groups in total. The maximum atomic E-state index is 3.44. The van der Waals surface area contributed by atoms with Gasteiger partial charge >= 0.3 is 0 Å². The van der Waals surface area contributed by atoms with E-state index in [1.165, 1.54) is 0 Å². The van der Waals surface area contributed by atoms with Gasteiger partial charge in [0, 0.05) is 24.3 Å². The average molecular weight is 162 g/mol. The number of nitrogens with one attached hydrogen (secondary N) is 2. The van der Waals surface area contributed by atoms with Crippen LogP contribution < -0.4 is 10.6 Å². The fraction of sp³-hybridized carbons (Fsp3) is 1.00. The summed E-state index contributed by atoms with van der Waals surface area (Å²) in [7, 11) is 0. The van der Waals surface area contributed by atoms with Crippen LogP contribution in [-0.4, -0.2) is 28.9 Å². The Hall–Kier alpha value is 0.620. The van der Waals surface area contributed by atoms with Gasteiger partial charge < -0.3 is 10.6 Å². The second-order valence-corrected chi connectivity index (χ2v) is 4.81. The van der Waals surface area contributed by atoms with Crippen molar-refractivity contribution in [2.24, 2.45) is 0 Å². The molecule has 2 nitrogen and oxygen atoms in total. The van der Waals surface area contributed by atoms with Gasteiger partial charge in [-0.25, -0.2) is 0 Å². The summed E-state index contributed by atoms with van der Waals surface area (Å²) < 4.78 is 0.825. The lowest BCUT2D eigenvalue weighted by molar-refractivity contribution is 0.559. The zero-order valence-electron chi connectivity index (χ0n) is 5.09. The summed E-state index contributed by atoms with van der Waals surface area (Å²) in [6.45, 7) is 1.16. The van der Waals surface area contributed by atoms with E-state index < -0.39 is 0 Å². The van der Waals surface area contributed by atoms with Crippen LogP contribution in [-0.2, 0) is 0 Å². The van der Waals surface area contributed by atoms with Crippen LogP contribution in [0.15, 0.2) is 0 Å². The van der Waals surface area contributed by atoms with Crippen LogP contribution in [0.4, 0.5) is 0 Å². The molecule has 0 saturated carbocycles. The Morgan fingerprint density at radius 2 is 2.11 bits per heavy atom. The largest absolute Gasteiger partial charge is 0.306 e. The van der Waals surface area contributed by atoms with Gasteiger partial charge in [0.25, 0.3) is 0 Å². The Bertz CT molecular complexity index is 97.1. The predicted molar refractivity (Wildman–Crippen MR) is 43.6 cm³/mol. The molecule has 4 heteroatoms. The van der Waals surface area contributed by atoms with Crippen LogP contribution in [0.5, 0.6) is 0 Å². The van der Waals surface area contributed by atoms with E-state index in [0.29, 0.717) is 0 Å². The van der Waals surface area contributed by atoms with E-state index in [2.05, 4.69) is 10.6 Å². The van der Waals surface area contributed by atoms with E-state index in [1.807, 2.05) is 23.5 Å². The van der Waals surface area contributed by atoms with Crippen LogP contribution in [0.2, 0.25) is 0 Å². The quantitative estimate of drug-likeness (QED) is 0.534. The minimum Gasteiger partial charge on any atom is -0.306 e. The molecular weight excluding hydrogens is 152 g/mol. The smallest absolute Gasteiger partial charge is 0.0693 e. The molecule has 0 aliphatic carbocycles. The van der Waals surface area contributed by atoms with Crippen molar-refractivity contribution in [3.8, 4) is 0 Å². The molecule has 52 valence electrons. The Morgan fingerprint density at radius 3 is 3.00 bits per heavy atom. The minimum absolute atomic E-state index is 0.730. The van der Waals surface area contributed by atoms with Crippen molar-refractivity contribution in [2.45, 2.75) is 10.6 Å². The first-order valence-corrected chi connectivity index (χ1v) is 5.24. The Balaban J connectivity index is 1.97. The molecule has 2 unspecified atom stereocenters. The fourth-order valence-electron chi connectivity index (χ4n) is 1.14. The molecule has 0 aromatic heterocycles. The lowest BCUT2D eigenvalue weighted by Crippen LogP contribution is -2.43. The van der Waals surface area contributed by atoms with Crippen molar-refractivity contribution in [3.63, 3.8) is 0 Å². The van der Waals surface area contributed by atoms with Gasteiger partial charge in [-0.2, -0.15) is 0 Å². The van der Waals surface area contributed by atoms with E-state index in [9.17, 15) is 0 Å². The molecule has 0 aromatic carbocycles. The SMILES string of the molecule is C1NCC2NCSC2S1. The van der Waals surface area contributed by atoms with E-state index in [1.54, 1.807) is 0 Å². The van der Waals surface area contributed by atoms with Gasteiger partial charge in [-0.1, -0.05) is 0 Å². The first kappa shape index (κ1) is 6.34. The van der Waals surface area contributed by atoms with E-state index in [0.717, 1.165) is 28.9 Å². The van der Waals surface area contributed by atoms with Crippen molar-refractivity contribution in [2.75, 3.05) is 18.3 Å². The van der Waals surface area contributed by atoms with Gasteiger partial charge in [-0.3, -0.25) is 0 Å². The highest BCUT2D eigenvalue weighted by Gasteiger charge is 2.29. The highest BCUT2D eigenvalue weighted by molar-refractivity contribution is 8.17. The molecule has 0 aromatic rings. The molecule has 2 aliphatic rings. The maximum absolute atomic E-state index is 3.44. The van der Waals surface area contributed by atoms with Gasteiger partial charge in [0.1, 0.15) is 0 Å². The highest BCUT2D eigenvalue weighted by Crippen LogP contribution is 2.32. The second kappa shape index (κ2) is 2.70. The summed E-state index contributed by atoms with van der Waals surface area (Å²) in [5.74, 6) is 2.28. The summed E-state index contributed by atoms with van der Waals surface area (Å²) in [4.78, 5) is 0. The molecule has 2 heterocycles. The molecule has 2 saturated heterocycles. The lowest BCUT2D eigenvalue weighted by atomic mass is 10.3. The van der Waals surface area contributed by atoms with Crippen LogP contribution in [0.3, 0.4) is 0 Å². The number of rotatable bonds is 0. The molecule has 9 heavy (non-hydrogen) atoms. The van der Waals surface area contributed by atoms with Crippen LogP contribution >= 0.6 is 23.5 Å². The summed E-state index contributed by atoms with van der Waals surface area (Å²) in [5, 5.41) is 6.78. The minimum atomic E-state index is 0.730. The zero-order chi connectivity index (χ0) is 6.10. The highest BCUT2D eigenvalue weighted by atomic mass is 32.2. The summed E-state index contributed by atoms with van der Waals surface area (Å²) in [6.07, 6.45) is 0. The molecule has 0 spiro atoms. The summed E-state index contributed by atoms with van der Waals surface area (Å²) in [5.41, 5.74) is 0. The number of hydrogen-bond donors (Lipinski definition) is 2. The van der Waals surface area contributed by atoms with E-state index in [-0.39, 0.29) is 0 Å². The first-order valence-electron chi connectivity index (χ1n) is 3.14. The zero-order valence-corrected chi connectivity index (χ0v) is 6.73. The van der Waals surface area contributed by atoms with Gasteiger partial charge in [0.2, 0.25) is 0 Å². The fourth-order valence-corrected chi connectivity index (χ4v) is 3.66. The summed E-state index contributed by atoms with van der Waals surface area (Å²) >= 11 is 4.06. The summed E-state index contributed by atoms with van der Waals surface area (Å²) in [6, 6.07) is 0.730. The van der Waals surface area contributed by atoms with Gasteiger partial charge in [-0.05, 0) is 0 Å².